The maximum Gasteiger partial charge on any atom is 0.348 e. The smallest absolute Gasteiger partial charge is 0.348 e. The molecular weight excluding hydrogens is 292 g/mol. The Balaban J connectivity index is 1.58. The van der Waals surface area contributed by atoms with Crippen LogP contribution in [0, 0.1) is 16.7 Å². The zero-order valence-electron chi connectivity index (χ0n) is 13.4. The van der Waals surface area contributed by atoms with E-state index in [0.29, 0.717) is 5.92 Å². The molecule has 4 rings (SSSR count). The molecule has 2 nitrogen and oxygen atoms in total. The second-order valence-corrected chi connectivity index (χ2v) is 8.74. The summed E-state index contributed by atoms with van der Waals surface area (Å²) in [6, 6.07) is 10.1. The van der Waals surface area contributed by atoms with E-state index in [4.69, 9.17) is 4.74 Å². The van der Waals surface area contributed by atoms with Gasteiger partial charge in [-0.25, -0.2) is 4.79 Å². The molecule has 0 radical (unpaired) electrons. The average molecular weight is 314 g/mol. The van der Waals surface area contributed by atoms with Gasteiger partial charge < -0.3 is 4.74 Å². The van der Waals surface area contributed by atoms with Crippen LogP contribution < -0.4 is 0 Å². The molecule has 3 atom stereocenters. The second-order valence-electron chi connectivity index (χ2n) is 7.65. The SMILES string of the molecule is CC1(C)[C@@H]2CC[C@@]1(C)C(OC(=O)c1cc3ccccc3s1)C2. The van der Waals surface area contributed by atoms with Crippen molar-refractivity contribution in [3.63, 3.8) is 0 Å². The first-order valence-electron chi connectivity index (χ1n) is 8.11. The van der Waals surface area contributed by atoms with Crippen LogP contribution in [0.4, 0.5) is 0 Å². The topological polar surface area (TPSA) is 26.3 Å². The highest BCUT2D eigenvalue weighted by Gasteiger charge is 2.62. The summed E-state index contributed by atoms with van der Waals surface area (Å²) >= 11 is 1.53. The summed E-state index contributed by atoms with van der Waals surface area (Å²) in [7, 11) is 0. The third kappa shape index (κ3) is 1.81. The van der Waals surface area contributed by atoms with Crippen molar-refractivity contribution < 1.29 is 9.53 Å². The molecule has 0 N–H and O–H groups in total. The Kier molecular flexibility index (Phi) is 2.96. The Morgan fingerprint density at radius 3 is 2.68 bits per heavy atom. The number of hydrogen-bond donors (Lipinski definition) is 0. The van der Waals surface area contributed by atoms with E-state index in [1.165, 1.54) is 24.2 Å². The third-order valence-corrected chi connectivity index (χ3v) is 7.69. The molecule has 1 aromatic carbocycles. The molecule has 2 aliphatic rings. The lowest BCUT2D eigenvalue weighted by atomic mass is 9.70. The molecule has 0 spiro atoms. The maximum atomic E-state index is 12.6. The molecule has 2 saturated carbocycles. The van der Waals surface area contributed by atoms with Crippen LogP contribution in [0.1, 0.15) is 49.7 Å². The Labute approximate surface area is 135 Å². The molecule has 1 unspecified atom stereocenters. The molecule has 0 aliphatic heterocycles. The number of rotatable bonds is 2. The Morgan fingerprint density at radius 1 is 1.27 bits per heavy atom. The van der Waals surface area contributed by atoms with Crippen LogP contribution in [0.2, 0.25) is 0 Å². The fraction of sp³-hybridized carbons (Fsp3) is 0.526. The highest BCUT2D eigenvalue weighted by Crippen LogP contribution is 2.66. The normalized spacial score (nSPS) is 32.5. The number of hydrogen-bond acceptors (Lipinski definition) is 3. The van der Waals surface area contributed by atoms with Gasteiger partial charge >= 0.3 is 5.97 Å². The second kappa shape index (κ2) is 4.58. The van der Waals surface area contributed by atoms with E-state index in [2.05, 4.69) is 26.8 Å². The van der Waals surface area contributed by atoms with Gasteiger partial charge in [-0.3, -0.25) is 0 Å². The highest BCUT2D eigenvalue weighted by atomic mass is 32.1. The van der Waals surface area contributed by atoms with E-state index in [-0.39, 0.29) is 22.9 Å². The molecule has 1 aromatic heterocycles. The van der Waals surface area contributed by atoms with Crippen molar-refractivity contribution in [1.82, 2.24) is 0 Å². The molecule has 1 heterocycles. The fourth-order valence-corrected chi connectivity index (χ4v) is 5.52. The van der Waals surface area contributed by atoms with Gasteiger partial charge in [0.15, 0.2) is 0 Å². The van der Waals surface area contributed by atoms with Crippen LogP contribution in [0.25, 0.3) is 10.1 Å². The Hall–Kier alpha value is -1.35. The van der Waals surface area contributed by atoms with Gasteiger partial charge in [-0.1, -0.05) is 39.0 Å². The van der Waals surface area contributed by atoms with Crippen molar-refractivity contribution in [1.29, 1.82) is 0 Å². The molecule has 2 aliphatic carbocycles. The minimum absolute atomic E-state index is 0.0685. The largest absolute Gasteiger partial charge is 0.458 e. The lowest BCUT2D eigenvalue weighted by molar-refractivity contribution is -0.0238. The molecule has 3 heteroatoms. The summed E-state index contributed by atoms with van der Waals surface area (Å²) in [4.78, 5) is 13.3. The van der Waals surface area contributed by atoms with Gasteiger partial charge in [0.25, 0.3) is 0 Å². The number of carbonyl (C=O) groups is 1. The third-order valence-electron chi connectivity index (χ3n) is 6.59. The van der Waals surface area contributed by atoms with Crippen molar-refractivity contribution in [2.24, 2.45) is 16.7 Å². The van der Waals surface area contributed by atoms with E-state index >= 15 is 0 Å². The number of thiophene rings is 1. The number of carbonyl (C=O) groups excluding carboxylic acids is 1. The van der Waals surface area contributed by atoms with E-state index in [1.54, 1.807) is 0 Å². The van der Waals surface area contributed by atoms with Crippen molar-refractivity contribution >= 4 is 27.4 Å². The first-order chi connectivity index (χ1) is 10.4. The summed E-state index contributed by atoms with van der Waals surface area (Å²) in [6.45, 7) is 7.00. The molecule has 116 valence electrons. The molecule has 2 bridgehead atoms. The summed E-state index contributed by atoms with van der Waals surface area (Å²) in [5.41, 5.74) is 0.405. The van der Waals surface area contributed by atoms with Crippen LogP contribution in [0.5, 0.6) is 0 Å². The van der Waals surface area contributed by atoms with Crippen LogP contribution in [-0.2, 0) is 4.74 Å². The lowest BCUT2D eigenvalue weighted by Gasteiger charge is -2.38. The van der Waals surface area contributed by atoms with Crippen LogP contribution in [0.3, 0.4) is 0 Å². The van der Waals surface area contributed by atoms with Gasteiger partial charge in [0, 0.05) is 10.1 Å². The molecular formula is C19H22O2S. The highest BCUT2D eigenvalue weighted by molar-refractivity contribution is 7.20. The van der Waals surface area contributed by atoms with Crippen LogP contribution in [0.15, 0.2) is 30.3 Å². The summed E-state index contributed by atoms with van der Waals surface area (Å²) in [5, 5.41) is 1.12. The number of esters is 1. The predicted octanol–water partition coefficient (Wildman–Crippen LogP) is 5.27. The van der Waals surface area contributed by atoms with E-state index in [9.17, 15) is 4.79 Å². The Bertz CT molecular complexity index is 712. The van der Waals surface area contributed by atoms with Gasteiger partial charge in [-0.2, -0.15) is 0 Å². The summed E-state index contributed by atoms with van der Waals surface area (Å²) in [5.74, 6) is 0.550. The van der Waals surface area contributed by atoms with Crippen LogP contribution in [-0.4, -0.2) is 12.1 Å². The molecule has 22 heavy (non-hydrogen) atoms. The van der Waals surface area contributed by atoms with Gasteiger partial charge in [0.2, 0.25) is 0 Å². The standard InChI is InChI=1S/C19H22O2S/c1-18(2)13-8-9-19(18,3)16(11-13)21-17(20)15-10-12-6-4-5-7-14(12)22-15/h4-7,10,13,16H,8-9,11H2,1-3H3/t13-,16?,19+/m1/s1. The van der Waals surface area contributed by atoms with Crippen LogP contribution >= 0.6 is 11.3 Å². The molecule has 2 fully saturated rings. The van der Waals surface area contributed by atoms with E-state index in [1.807, 2.05) is 24.3 Å². The number of ether oxygens (including phenoxy) is 1. The maximum absolute atomic E-state index is 12.6. The minimum atomic E-state index is -0.143. The first-order valence-corrected chi connectivity index (χ1v) is 8.93. The number of benzene rings is 1. The zero-order chi connectivity index (χ0) is 15.5. The van der Waals surface area contributed by atoms with Gasteiger partial charge in [0.05, 0.1) is 0 Å². The zero-order valence-corrected chi connectivity index (χ0v) is 14.2. The monoisotopic (exact) mass is 314 g/mol. The molecule has 0 amide bonds. The van der Waals surface area contributed by atoms with Crippen molar-refractivity contribution in [2.75, 3.05) is 0 Å². The van der Waals surface area contributed by atoms with Crippen molar-refractivity contribution in [2.45, 2.75) is 46.1 Å². The summed E-state index contributed by atoms with van der Waals surface area (Å²) < 4.78 is 7.12. The van der Waals surface area contributed by atoms with Gasteiger partial charge in [-0.05, 0) is 48.1 Å². The van der Waals surface area contributed by atoms with Gasteiger partial charge in [0.1, 0.15) is 11.0 Å². The molecule has 0 saturated heterocycles. The van der Waals surface area contributed by atoms with E-state index < -0.39 is 0 Å². The predicted molar refractivity (Wildman–Crippen MR) is 90.3 cm³/mol. The van der Waals surface area contributed by atoms with E-state index in [0.717, 1.165) is 21.4 Å². The average Bonchev–Trinajstić information content (AvgIpc) is 3.06. The Morgan fingerprint density at radius 2 is 2.05 bits per heavy atom. The quantitative estimate of drug-likeness (QED) is 0.706. The first kappa shape index (κ1) is 14.3. The number of fused-ring (bicyclic) bond motifs is 3. The van der Waals surface area contributed by atoms with Crippen molar-refractivity contribution in [3.05, 3.63) is 35.2 Å². The minimum Gasteiger partial charge on any atom is -0.458 e. The van der Waals surface area contributed by atoms with Gasteiger partial charge in [-0.15, -0.1) is 11.3 Å². The molecule has 2 aromatic rings. The summed E-state index contributed by atoms with van der Waals surface area (Å²) in [6.07, 6.45) is 3.55. The van der Waals surface area contributed by atoms with Crippen molar-refractivity contribution in [3.8, 4) is 0 Å². The fourth-order valence-electron chi connectivity index (χ4n) is 4.58. The lowest BCUT2D eigenvalue weighted by Crippen LogP contribution is -2.38.